The molecule has 0 bridgehead atoms. The van der Waals surface area contributed by atoms with Crippen molar-refractivity contribution in [2.45, 2.75) is 18.9 Å². The van der Waals surface area contributed by atoms with Crippen molar-refractivity contribution >= 4 is 11.9 Å². The maximum absolute atomic E-state index is 12.1. The average Bonchev–Trinajstić information content (AvgIpc) is 2.70. The molecule has 114 valence electrons. The van der Waals surface area contributed by atoms with Crippen LogP contribution in [0.3, 0.4) is 0 Å². The largest absolute Gasteiger partial charge is 0.490 e. The molecule has 1 atom stereocenters. The number of carbonyl (C=O) groups excluding carboxylic acids is 1. The summed E-state index contributed by atoms with van der Waals surface area (Å²) in [5.41, 5.74) is 0.281. The number of nitrogens with one attached hydrogen (secondary N) is 1. The number of ether oxygens (including phenoxy) is 2. The molecule has 1 amide bonds. The summed E-state index contributed by atoms with van der Waals surface area (Å²) >= 11 is 0. The molecule has 2 rings (SSSR count). The second-order valence-corrected chi connectivity index (χ2v) is 4.59. The van der Waals surface area contributed by atoms with Crippen LogP contribution in [0.15, 0.2) is 18.2 Å². The Hall–Kier alpha value is -2.28. The van der Waals surface area contributed by atoms with E-state index >= 15 is 0 Å². The van der Waals surface area contributed by atoms with Gasteiger partial charge in [0.05, 0.1) is 13.2 Å². The number of amides is 1. The third-order valence-electron chi connectivity index (χ3n) is 3.03. The highest BCUT2D eigenvalue weighted by Gasteiger charge is 2.21. The highest BCUT2D eigenvalue weighted by Crippen LogP contribution is 2.30. The summed E-state index contributed by atoms with van der Waals surface area (Å²) in [6.07, 6.45) is 0.708. The molecule has 0 saturated carbocycles. The summed E-state index contributed by atoms with van der Waals surface area (Å²) in [5, 5.41) is 20.1. The van der Waals surface area contributed by atoms with Gasteiger partial charge in [0.2, 0.25) is 0 Å². The third kappa shape index (κ3) is 3.85. The van der Waals surface area contributed by atoms with Gasteiger partial charge in [0.25, 0.3) is 5.91 Å². The Labute approximate surface area is 121 Å². The van der Waals surface area contributed by atoms with Crippen LogP contribution in [0.5, 0.6) is 11.5 Å². The zero-order valence-corrected chi connectivity index (χ0v) is 11.4. The fourth-order valence-electron chi connectivity index (χ4n) is 1.93. The Bertz CT molecular complexity index is 530. The van der Waals surface area contributed by atoms with Gasteiger partial charge in [-0.1, -0.05) is 0 Å². The number of aliphatic hydroxyl groups excluding tert-OH is 1. The van der Waals surface area contributed by atoms with Crippen molar-refractivity contribution in [3.05, 3.63) is 23.8 Å². The molecule has 0 radical (unpaired) electrons. The molecule has 0 fully saturated rings. The molecule has 1 aromatic carbocycles. The minimum atomic E-state index is -1.19. The lowest BCUT2D eigenvalue weighted by Crippen LogP contribution is -2.41. The van der Waals surface area contributed by atoms with Gasteiger partial charge in [0.15, 0.2) is 11.5 Å². The molecule has 0 aliphatic carbocycles. The molecule has 21 heavy (non-hydrogen) atoms. The molecule has 1 aromatic rings. The van der Waals surface area contributed by atoms with E-state index in [1.54, 1.807) is 12.1 Å². The van der Waals surface area contributed by atoms with E-state index in [2.05, 4.69) is 5.32 Å². The number of carbonyl (C=O) groups is 2. The average molecular weight is 295 g/mol. The number of rotatable bonds is 5. The third-order valence-corrected chi connectivity index (χ3v) is 3.03. The molecule has 0 unspecified atom stereocenters. The van der Waals surface area contributed by atoms with Gasteiger partial charge < -0.3 is 25.0 Å². The van der Waals surface area contributed by atoms with Crippen LogP contribution in [0.25, 0.3) is 0 Å². The highest BCUT2D eigenvalue weighted by atomic mass is 16.5. The van der Waals surface area contributed by atoms with E-state index in [4.69, 9.17) is 19.7 Å². The summed E-state index contributed by atoms with van der Waals surface area (Å²) in [6, 6.07) is 3.56. The van der Waals surface area contributed by atoms with Crippen molar-refractivity contribution in [3.63, 3.8) is 0 Å². The van der Waals surface area contributed by atoms with Gasteiger partial charge in [-0.2, -0.15) is 0 Å². The molecule has 3 N–H and O–H groups in total. The number of aliphatic carboxylic acids is 1. The fraction of sp³-hybridized carbons (Fsp3) is 0.429. The van der Waals surface area contributed by atoms with Crippen molar-refractivity contribution < 1.29 is 29.3 Å². The number of carboxylic acids is 1. The summed E-state index contributed by atoms with van der Waals surface area (Å²) in [5.74, 6) is -0.693. The van der Waals surface area contributed by atoms with Crippen LogP contribution in [0.4, 0.5) is 0 Å². The second kappa shape index (κ2) is 6.94. The predicted molar refractivity (Wildman–Crippen MR) is 72.6 cm³/mol. The van der Waals surface area contributed by atoms with Gasteiger partial charge in [-0.05, 0) is 18.2 Å². The second-order valence-electron chi connectivity index (χ2n) is 4.59. The first kappa shape index (κ1) is 15.1. The van der Waals surface area contributed by atoms with Gasteiger partial charge in [0.1, 0.15) is 6.04 Å². The summed E-state index contributed by atoms with van der Waals surface area (Å²) in [7, 11) is 0. The first-order valence-electron chi connectivity index (χ1n) is 6.66. The Morgan fingerprint density at radius 3 is 2.62 bits per heavy atom. The Morgan fingerprint density at radius 1 is 1.24 bits per heavy atom. The van der Waals surface area contributed by atoms with Crippen LogP contribution >= 0.6 is 0 Å². The van der Waals surface area contributed by atoms with E-state index in [0.717, 1.165) is 6.42 Å². The van der Waals surface area contributed by atoms with Crippen LogP contribution in [0.2, 0.25) is 0 Å². The van der Waals surface area contributed by atoms with Crippen molar-refractivity contribution in [2.24, 2.45) is 0 Å². The van der Waals surface area contributed by atoms with E-state index < -0.39 is 17.9 Å². The molecule has 1 aliphatic rings. The van der Waals surface area contributed by atoms with Crippen LogP contribution < -0.4 is 14.8 Å². The minimum absolute atomic E-state index is 0.0500. The van der Waals surface area contributed by atoms with E-state index in [9.17, 15) is 9.59 Å². The quantitative estimate of drug-likeness (QED) is 0.727. The molecular weight excluding hydrogens is 278 g/mol. The molecular formula is C14H17NO6. The summed E-state index contributed by atoms with van der Waals surface area (Å²) in [6.45, 7) is 0.731. The smallest absolute Gasteiger partial charge is 0.326 e. The number of carboxylic acid groups (broad SMARTS) is 1. The number of fused-ring (bicyclic) bond motifs is 1. The topological polar surface area (TPSA) is 105 Å². The first-order chi connectivity index (χ1) is 10.1. The first-order valence-corrected chi connectivity index (χ1v) is 6.66. The molecule has 0 spiro atoms. The predicted octanol–water partition coefficient (Wildman–Crippen LogP) is 0.413. The van der Waals surface area contributed by atoms with Gasteiger partial charge in [-0.15, -0.1) is 0 Å². The SMILES string of the molecule is O=C(N[C@H](CCO)C(=O)O)c1ccc2c(c1)OCCCO2. The fourth-order valence-corrected chi connectivity index (χ4v) is 1.93. The Morgan fingerprint density at radius 2 is 1.95 bits per heavy atom. The molecule has 0 saturated heterocycles. The monoisotopic (exact) mass is 295 g/mol. The maximum atomic E-state index is 12.1. The van der Waals surface area contributed by atoms with Crippen molar-refractivity contribution in [1.29, 1.82) is 0 Å². The van der Waals surface area contributed by atoms with Crippen LogP contribution in [0, 0.1) is 0 Å². The molecule has 7 nitrogen and oxygen atoms in total. The van der Waals surface area contributed by atoms with E-state index in [1.807, 2.05) is 0 Å². The van der Waals surface area contributed by atoms with E-state index in [0.29, 0.717) is 24.7 Å². The number of aliphatic hydroxyl groups is 1. The van der Waals surface area contributed by atoms with E-state index in [-0.39, 0.29) is 18.6 Å². The van der Waals surface area contributed by atoms with E-state index in [1.165, 1.54) is 6.07 Å². The number of hydrogen-bond donors (Lipinski definition) is 3. The van der Waals surface area contributed by atoms with Crippen LogP contribution in [-0.4, -0.2) is 48.0 Å². The van der Waals surface area contributed by atoms with Gasteiger partial charge in [-0.25, -0.2) is 4.79 Å². The lowest BCUT2D eigenvalue weighted by Gasteiger charge is -2.14. The highest BCUT2D eigenvalue weighted by molar-refractivity contribution is 5.97. The summed E-state index contributed by atoms with van der Waals surface area (Å²) < 4.78 is 10.9. The zero-order valence-electron chi connectivity index (χ0n) is 11.4. The van der Waals surface area contributed by atoms with Crippen molar-refractivity contribution in [3.8, 4) is 11.5 Å². The minimum Gasteiger partial charge on any atom is -0.490 e. The van der Waals surface area contributed by atoms with Gasteiger partial charge in [-0.3, -0.25) is 4.79 Å². The lowest BCUT2D eigenvalue weighted by molar-refractivity contribution is -0.139. The Kier molecular flexibility index (Phi) is 4.99. The molecule has 7 heteroatoms. The molecule has 1 aliphatic heterocycles. The lowest BCUT2D eigenvalue weighted by atomic mass is 10.1. The van der Waals surface area contributed by atoms with Crippen molar-refractivity contribution in [1.82, 2.24) is 5.32 Å². The number of benzene rings is 1. The number of hydrogen-bond acceptors (Lipinski definition) is 5. The molecule has 0 aromatic heterocycles. The van der Waals surface area contributed by atoms with Crippen LogP contribution in [-0.2, 0) is 4.79 Å². The maximum Gasteiger partial charge on any atom is 0.326 e. The normalized spacial score (nSPS) is 14.9. The van der Waals surface area contributed by atoms with Crippen LogP contribution in [0.1, 0.15) is 23.2 Å². The van der Waals surface area contributed by atoms with Gasteiger partial charge >= 0.3 is 5.97 Å². The molecule has 1 heterocycles. The zero-order chi connectivity index (χ0) is 15.2. The standard InChI is InChI=1S/C14H17NO6/c16-5-4-10(14(18)19)15-13(17)9-2-3-11-12(8-9)21-7-1-6-20-11/h2-3,8,10,16H,1,4-7H2,(H,15,17)(H,18,19)/t10-/m1/s1. The Balaban J connectivity index is 2.12. The van der Waals surface area contributed by atoms with Gasteiger partial charge in [0, 0.05) is 25.0 Å². The van der Waals surface area contributed by atoms with Crippen molar-refractivity contribution in [2.75, 3.05) is 19.8 Å². The summed E-state index contributed by atoms with van der Waals surface area (Å²) in [4.78, 5) is 23.0.